The van der Waals surface area contributed by atoms with E-state index in [9.17, 15) is 9.90 Å². The van der Waals surface area contributed by atoms with Crippen LogP contribution in [0.5, 0.6) is 5.75 Å². The number of hydrogen-bond donors (Lipinski definition) is 1. The van der Waals surface area contributed by atoms with E-state index in [1.165, 1.54) is 13.8 Å². The van der Waals surface area contributed by atoms with Crippen molar-refractivity contribution in [3.63, 3.8) is 0 Å². The summed E-state index contributed by atoms with van der Waals surface area (Å²) >= 11 is 0. The summed E-state index contributed by atoms with van der Waals surface area (Å²) in [7, 11) is 0. The summed E-state index contributed by atoms with van der Waals surface area (Å²) in [5.74, 6) is 0.462. The Morgan fingerprint density at radius 1 is 1.29 bits per heavy atom. The van der Waals surface area contributed by atoms with E-state index in [-0.39, 0.29) is 13.2 Å². The van der Waals surface area contributed by atoms with Crippen LogP contribution in [0.2, 0.25) is 0 Å². The summed E-state index contributed by atoms with van der Waals surface area (Å²) < 4.78 is 5.40. The molecule has 0 saturated carbocycles. The molecule has 1 rings (SSSR count). The van der Waals surface area contributed by atoms with Gasteiger partial charge in [-0.2, -0.15) is 0 Å². The molecule has 0 unspecified atom stereocenters. The summed E-state index contributed by atoms with van der Waals surface area (Å²) in [6, 6.07) is 6.83. The van der Waals surface area contributed by atoms with Crippen molar-refractivity contribution < 1.29 is 14.6 Å². The van der Waals surface area contributed by atoms with Crippen molar-refractivity contribution in [1.29, 1.82) is 0 Å². The van der Waals surface area contributed by atoms with Crippen LogP contribution >= 0.6 is 0 Å². The molecule has 3 heteroatoms. The first-order chi connectivity index (χ1) is 7.45. The Morgan fingerprint density at radius 3 is 2.24 bits per heavy atom. The van der Waals surface area contributed by atoms with Gasteiger partial charge in [0.1, 0.15) is 11.4 Å². The Bertz CT molecular complexity index is 347. The predicted octanol–water partition coefficient (Wildman–Crippen LogP) is 3.07. The van der Waals surface area contributed by atoms with E-state index in [4.69, 9.17) is 4.74 Å². The molecule has 0 aliphatic rings. The quantitative estimate of drug-likeness (QED) is 0.802. The van der Waals surface area contributed by atoms with Crippen LogP contribution in [0.25, 0.3) is 0 Å². The minimum absolute atomic E-state index is 0. The lowest BCUT2D eigenvalue weighted by Gasteiger charge is -2.15. The van der Waals surface area contributed by atoms with Crippen LogP contribution in [-0.4, -0.2) is 23.1 Å². The zero-order valence-electron chi connectivity index (χ0n) is 9.99. The van der Waals surface area contributed by atoms with Gasteiger partial charge in [0.25, 0.3) is 0 Å². The van der Waals surface area contributed by atoms with Crippen molar-refractivity contribution in [2.45, 2.75) is 40.2 Å². The number of carbonyl (C=O) groups is 1. The summed E-state index contributed by atoms with van der Waals surface area (Å²) in [4.78, 5) is 11.7. The van der Waals surface area contributed by atoms with Gasteiger partial charge in [0.2, 0.25) is 0 Å². The van der Waals surface area contributed by atoms with Crippen LogP contribution in [0.3, 0.4) is 0 Å². The fraction of sp³-hybridized carbons (Fsp3) is 0.500. The van der Waals surface area contributed by atoms with Gasteiger partial charge < -0.3 is 9.84 Å². The predicted molar refractivity (Wildman–Crippen MR) is 69.6 cm³/mol. The average molecular weight is 238 g/mol. The number of benzene rings is 1. The molecule has 0 fully saturated rings. The molecule has 1 aromatic carbocycles. The van der Waals surface area contributed by atoms with Crippen molar-refractivity contribution >= 4 is 5.78 Å². The maximum absolute atomic E-state index is 11.7. The molecule has 0 atom stereocenters. The number of aliphatic hydroxyl groups is 1. The Morgan fingerprint density at radius 2 is 1.82 bits per heavy atom. The number of ether oxygens (including phenoxy) is 1. The highest BCUT2D eigenvalue weighted by atomic mass is 16.5. The summed E-state index contributed by atoms with van der Waals surface area (Å²) in [6.45, 7) is 5.67. The Kier molecular flexibility index (Phi) is 5.89. The highest BCUT2D eigenvalue weighted by molar-refractivity contribution is 6.01. The molecule has 0 spiro atoms. The zero-order valence-corrected chi connectivity index (χ0v) is 9.99. The second-order valence-corrected chi connectivity index (χ2v) is 4.26. The van der Waals surface area contributed by atoms with E-state index in [0.717, 1.165) is 12.2 Å². The van der Waals surface area contributed by atoms with E-state index < -0.39 is 5.60 Å². The number of Topliss-reactive ketones (excluding diaryl/α,β-unsaturated/α-hetero) is 1. The van der Waals surface area contributed by atoms with E-state index in [0.29, 0.717) is 12.2 Å². The SMILES string of the molecule is C.CCCOc1ccc(C(=O)C(C)(C)O)cc1. The molecule has 1 N–H and O–H groups in total. The minimum Gasteiger partial charge on any atom is -0.494 e. The molecule has 3 nitrogen and oxygen atoms in total. The first kappa shape index (κ1) is 15.7. The van der Waals surface area contributed by atoms with Crippen LogP contribution in [0, 0.1) is 0 Å². The maximum atomic E-state index is 11.7. The smallest absolute Gasteiger partial charge is 0.193 e. The fourth-order valence-electron chi connectivity index (χ4n) is 1.28. The monoisotopic (exact) mass is 238 g/mol. The van der Waals surface area contributed by atoms with Crippen LogP contribution in [-0.2, 0) is 0 Å². The molecular formula is C14H22O3. The summed E-state index contributed by atoms with van der Waals surface area (Å²) in [5, 5.41) is 9.57. The third-order valence-electron chi connectivity index (χ3n) is 2.15. The largest absolute Gasteiger partial charge is 0.494 e. The maximum Gasteiger partial charge on any atom is 0.193 e. The normalized spacial score (nSPS) is 10.6. The van der Waals surface area contributed by atoms with Gasteiger partial charge in [-0.15, -0.1) is 0 Å². The standard InChI is InChI=1S/C13H18O3.CH4/c1-4-9-16-11-7-5-10(6-8-11)12(14)13(2,3)15;/h5-8,15H,4,9H2,1-3H3;1H4. The van der Waals surface area contributed by atoms with Gasteiger partial charge in [-0.05, 0) is 44.5 Å². The molecule has 17 heavy (non-hydrogen) atoms. The minimum atomic E-state index is -1.33. The van der Waals surface area contributed by atoms with Gasteiger partial charge in [-0.3, -0.25) is 4.79 Å². The van der Waals surface area contributed by atoms with Gasteiger partial charge in [0, 0.05) is 5.56 Å². The molecule has 0 aliphatic carbocycles. The number of ketones is 1. The molecule has 0 saturated heterocycles. The molecule has 0 heterocycles. The topological polar surface area (TPSA) is 46.5 Å². The first-order valence-electron chi connectivity index (χ1n) is 5.45. The van der Waals surface area contributed by atoms with Crippen LogP contribution in [0.1, 0.15) is 45.0 Å². The van der Waals surface area contributed by atoms with E-state index in [1.54, 1.807) is 24.3 Å². The average Bonchev–Trinajstić information content (AvgIpc) is 2.25. The number of carbonyl (C=O) groups excluding carboxylic acids is 1. The lowest BCUT2D eigenvalue weighted by Crippen LogP contribution is -2.30. The van der Waals surface area contributed by atoms with Crippen molar-refractivity contribution in [1.82, 2.24) is 0 Å². The second kappa shape index (κ2) is 6.40. The van der Waals surface area contributed by atoms with Crippen LogP contribution < -0.4 is 4.74 Å². The highest BCUT2D eigenvalue weighted by Gasteiger charge is 2.24. The number of rotatable bonds is 5. The summed E-state index contributed by atoms with van der Waals surface area (Å²) in [5.41, 5.74) is -0.831. The van der Waals surface area contributed by atoms with Gasteiger partial charge in [-0.1, -0.05) is 14.4 Å². The van der Waals surface area contributed by atoms with Gasteiger partial charge in [0.05, 0.1) is 6.61 Å². The fourth-order valence-corrected chi connectivity index (χ4v) is 1.28. The van der Waals surface area contributed by atoms with E-state index in [1.807, 2.05) is 6.92 Å². The lowest BCUT2D eigenvalue weighted by molar-refractivity contribution is 0.0488. The second-order valence-electron chi connectivity index (χ2n) is 4.26. The van der Waals surface area contributed by atoms with Gasteiger partial charge in [-0.25, -0.2) is 0 Å². The molecule has 0 radical (unpaired) electrons. The Hall–Kier alpha value is -1.35. The molecule has 0 amide bonds. The zero-order chi connectivity index (χ0) is 12.2. The lowest BCUT2D eigenvalue weighted by atomic mass is 9.97. The molecule has 96 valence electrons. The van der Waals surface area contributed by atoms with Gasteiger partial charge in [0.15, 0.2) is 5.78 Å². The third-order valence-corrected chi connectivity index (χ3v) is 2.15. The van der Waals surface area contributed by atoms with Crippen LogP contribution in [0.15, 0.2) is 24.3 Å². The Balaban J connectivity index is 0.00000256. The van der Waals surface area contributed by atoms with Crippen molar-refractivity contribution in [2.24, 2.45) is 0 Å². The van der Waals surface area contributed by atoms with Crippen molar-refractivity contribution in [3.8, 4) is 5.75 Å². The highest BCUT2D eigenvalue weighted by Crippen LogP contribution is 2.17. The molecule has 0 aliphatic heterocycles. The summed E-state index contributed by atoms with van der Waals surface area (Å²) in [6.07, 6.45) is 0.949. The number of hydrogen-bond acceptors (Lipinski definition) is 3. The molecule has 0 bridgehead atoms. The first-order valence-corrected chi connectivity index (χ1v) is 5.45. The molecule has 1 aromatic rings. The van der Waals surface area contributed by atoms with E-state index in [2.05, 4.69) is 0 Å². The van der Waals surface area contributed by atoms with Crippen LogP contribution in [0.4, 0.5) is 0 Å². The van der Waals surface area contributed by atoms with Crippen molar-refractivity contribution in [3.05, 3.63) is 29.8 Å². The van der Waals surface area contributed by atoms with Crippen molar-refractivity contribution in [2.75, 3.05) is 6.61 Å². The Labute approximate surface area is 103 Å². The molecular weight excluding hydrogens is 216 g/mol. The van der Waals surface area contributed by atoms with E-state index >= 15 is 0 Å². The molecule has 0 aromatic heterocycles. The third kappa shape index (κ3) is 4.57. The van der Waals surface area contributed by atoms with Gasteiger partial charge >= 0.3 is 0 Å².